The molecule has 0 spiro atoms. The van der Waals surface area contributed by atoms with Gasteiger partial charge in [-0.2, -0.15) is 0 Å². The van der Waals surface area contributed by atoms with Crippen LogP contribution in [0.25, 0.3) is 16.9 Å². The molecule has 2 saturated heterocycles. The van der Waals surface area contributed by atoms with Gasteiger partial charge in [0.1, 0.15) is 11.3 Å². The first kappa shape index (κ1) is 24.9. The van der Waals surface area contributed by atoms with E-state index in [1.165, 1.54) is 6.08 Å². The first-order valence-corrected chi connectivity index (χ1v) is 12.7. The lowest BCUT2D eigenvalue weighted by molar-refractivity contribution is -0.134. The number of amides is 1. The minimum atomic E-state index is -0.0991. The molecule has 0 saturated carbocycles. The van der Waals surface area contributed by atoms with Crippen molar-refractivity contribution in [3.05, 3.63) is 54.7 Å². The molecule has 2 aromatic heterocycles. The lowest BCUT2D eigenvalue weighted by Crippen LogP contribution is -2.48. The number of ether oxygens (including phenoxy) is 1. The van der Waals surface area contributed by atoms with Crippen LogP contribution in [0, 0.1) is 0 Å². The molecule has 3 aromatic rings. The lowest BCUT2D eigenvalue weighted by atomic mass is 10.2. The number of aromatic nitrogens is 3. The molecule has 5 rings (SSSR count). The molecule has 37 heavy (non-hydrogen) atoms. The van der Waals surface area contributed by atoms with Crippen LogP contribution in [0.1, 0.15) is 18.4 Å². The number of piperazine rings is 1. The van der Waals surface area contributed by atoms with E-state index in [2.05, 4.69) is 22.4 Å². The normalized spacial score (nSPS) is 16.8. The predicted octanol–water partition coefficient (Wildman–Crippen LogP) is 2.12. The third-order valence-corrected chi connectivity index (χ3v) is 6.90. The van der Waals surface area contributed by atoms with Gasteiger partial charge in [-0.1, -0.05) is 18.7 Å². The number of morpholine rings is 1. The maximum atomic E-state index is 12.4. The summed E-state index contributed by atoms with van der Waals surface area (Å²) in [5.41, 5.74) is 2.61. The van der Waals surface area contributed by atoms with E-state index < -0.39 is 0 Å². The van der Waals surface area contributed by atoms with Crippen LogP contribution in [0.5, 0.6) is 5.75 Å². The molecule has 0 unspecified atom stereocenters. The number of aromatic hydroxyl groups is 1. The van der Waals surface area contributed by atoms with Gasteiger partial charge in [-0.3, -0.25) is 14.5 Å². The molecule has 1 aromatic carbocycles. The molecule has 10 heteroatoms. The number of hydrogen-bond donors (Lipinski definition) is 1. The van der Waals surface area contributed by atoms with Crippen molar-refractivity contribution >= 4 is 23.0 Å². The third-order valence-electron chi connectivity index (χ3n) is 6.90. The van der Waals surface area contributed by atoms with Gasteiger partial charge in [-0.15, -0.1) is 5.10 Å². The van der Waals surface area contributed by atoms with E-state index in [9.17, 15) is 14.7 Å². The number of anilines is 1. The lowest BCUT2D eigenvalue weighted by Gasteiger charge is -2.34. The molecular formula is C27H32N6O4. The van der Waals surface area contributed by atoms with Crippen LogP contribution in [0.15, 0.2) is 49.2 Å². The number of carbonyl (C=O) groups is 2. The number of rotatable bonds is 8. The van der Waals surface area contributed by atoms with Gasteiger partial charge in [-0.05, 0) is 29.8 Å². The number of nitrogens with zero attached hydrogens (tertiary/aromatic N) is 6. The van der Waals surface area contributed by atoms with Crippen molar-refractivity contribution < 1.29 is 19.4 Å². The largest absolute Gasteiger partial charge is 0.507 e. The Balaban J connectivity index is 1.33. The summed E-state index contributed by atoms with van der Waals surface area (Å²) in [6, 6.07) is 9.22. The monoisotopic (exact) mass is 504 g/mol. The average molecular weight is 505 g/mol. The van der Waals surface area contributed by atoms with Crippen LogP contribution in [0.3, 0.4) is 0 Å². The number of para-hydroxylation sites is 1. The predicted molar refractivity (Wildman–Crippen MR) is 139 cm³/mol. The van der Waals surface area contributed by atoms with Crippen molar-refractivity contribution in [2.45, 2.75) is 19.4 Å². The Hall–Kier alpha value is -3.76. The highest BCUT2D eigenvalue weighted by Crippen LogP contribution is 2.30. The van der Waals surface area contributed by atoms with Crippen molar-refractivity contribution in [3.8, 4) is 17.1 Å². The maximum absolute atomic E-state index is 12.4. The SMILES string of the molecule is C=CC(=O)CCC(=O)N1CCN(Cc2cc3c(N4CCOCC4)nc(-c4ccccc4O)nn3c2)CC1. The second-order valence-corrected chi connectivity index (χ2v) is 9.38. The Morgan fingerprint density at radius 3 is 2.54 bits per heavy atom. The van der Waals surface area contributed by atoms with Gasteiger partial charge in [0, 0.05) is 64.9 Å². The quantitative estimate of drug-likeness (QED) is 0.466. The van der Waals surface area contributed by atoms with Crippen molar-refractivity contribution in [1.82, 2.24) is 24.4 Å². The minimum Gasteiger partial charge on any atom is -0.507 e. The van der Waals surface area contributed by atoms with Crippen molar-refractivity contribution in [1.29, 1.82) is 0 Å². The number of allylic oxidation sites excluding steroid dienone is 1. The molecule has 2 fully saturated rings. The van der Waals surface area contributed by atoms with Crippen LogP contribution in [-0.4, -0.2) is 93.7 Å². The molecule has 0 aliphatic carbocycles. The van der Waals surface area contributed by atoms with Crippen molar-refractivity contribution in [2.24, 2.45) is 0 Å². The van der Waals surface area contributed by atoms with Gasteiger partial charge in [0.25, 0.3) is 0 Å². The first-order valence-electron chi connectivity index (χ1n) is 12.7. The molecule has 4 heterocycles. The molecule has 10 nitrogen and oxygen atoms in total. The van der Waals surface area contributed by atoms with Crippen LogP contribution in [0.2, 0.25) is 0 Å². The van der Waals surface area contributed by atoms with E-state index in [1.54, 1.807) is 12.1 Å². The summed E-state index contributed by atoms with van der Waals surface area (Å²) < 4.78 is 7.40. The van der Waals surface area contributed by atoms with E-state index in [-0.39, 0.29) is 30.3 Å². The topological polar surface area (TPSA) is 104 Å². The summed E-state index contributed by atoms with van der Waals surface area (Å²) in [4.78, 5) is 35.1. The van der Waals surface area contributed by atoms with Gasteiger partial charge >= 0.3 is 0 Å². The number of phenols is 1. The van der Waals surface area contributed by atoms with Crippen LogP contribution in [0.4, 0.5) is 5.82 Å². The Kier molecular flexibility index (Phi) is 7.47. The van der Waals surface area contributed by atoms with Gasteiger partial charge < -0.3 is 19.6 Å². The molecule has 0 radical (unpaired) electrons. The van der Waals surface area contributed by atoms with E-state index in [1.807, 2.05) is 27.7 Å². The zero-order chi connectivity index (χ0) is 25.8. The van der Waals surface area contributed by atoms with E-state index in [0.717, 1.165) is 49.6 Å². The van der Waals surface area contributed by atoms with E-state index in [0.29, 0.717) is 37.7 Å². The van der Waals surface area contributed by atoms with Gasteiger partial charge in [0.2, 0.25) is 5.91 Å². The smallest absolute Gasteiger partial charge is 0.223 e. The van der Waals surface area contributed by atoms with Gasteiger partial charge in [0.15, 0.2) is 17.4 Å². The fraction of sp³-hybridized carbons (Fsp3) is 0.407. The van der Waals surface area contributed by atoms with Crippen LogP contribution >= 0.6 is 0 Å². The van der Waals surface area contributed by atoms with E-state index in [4.69, 9.17) is 14.8 Å². The Morgan fingerprint density at radius 2 is 1.81 bits per heavy atom. The van der Waals surface area contributed by atoms with E-state index >= 15 is 0 Å². The Bertz CT molecular complexity index is 1290. The minimum absolute atomic E-state index is 0.0200. The number of phenolic OH excluding ortho intramolecular Hbond substituents is 1. The standard InChI is InChI=1S/C27H32N6O4/c1-2-21(34)7-8-25(36)31-11-9-30(10-12-31)18-20-17-23-27(32-13-15-37-16-14-32)28-26(29-33(23)19-20)22-5-3-4-6-24(22)35/h2-6,17,19,35H,1,7-16,18H2. The maximum Gasteiger partial charge on any atom is 0.223 e. The summed E-state index contributed by atoms with van der Waals surface area (Å²) in [5, 5.41) is 15.1. The second-order valence-electron chi connectivity index (χ2n) is 9.38. The zero-order valence-electron chi connectivity index (χ0n) is 20.9. The average Bonchev–Trinajstić information content (AvgIpc) is 3.34. The molecule has 194 valence electrons. The molecule has 0 bridgehead atoms. The summed E-state index contributed by atoms with van der Waals surface area (Å²) in [6.45, 7) is 9.76. The van der Waals surface area contributed by atoms with Crippen LogP contribution in [-0.2, 0) is 20.9 Å². The highest BCUT2D eigenvalue weighted by atomic mass is 16.5. The Morgan fingerprint density at radius 1 is 1.05 bits per heavy atom. The van der Waals surface area contributed by atoms with Gasteiger partial charge in [0.05, 0.1) is 18.8 Å². The molecule has 1 amide bonds. The molecule has 2 aliphatic heterocycles. The summed E-state index contributed by atoms with van der Waals surface area (Å²) >= 11 is 0. The number of carbonyl (C=O) groups excluding carboxylic acids is 2. The molecule has 0 atom stereocenters. The first-order chi connectivity index (χ1) is 18.0. The highest BCUT2D eigenvalue weighted by molar-refractivity contribution is 5.92. The number of fused-ring (bicyclic) bond motifs is 1. The number of hydrogen-bond acceptors (Lipinski definition) is 8. The Labute approximate surface area is 215 Å². The summed E-state index contributed by atoms with van der Waals surface area (Å²) in [5.74, 6) is 1.36. The molecular weight excluding hydrogens is 472 g/mol. The van der Waals surface area contributed by atoms with Crippen molar-refractivity contribution in [2.75, 3.05) is 57.4 Å². The molecule has 1 N–H and O–H groups in total. The fourth-order valence-corrected chi connectivity index (χ4v) is 4.81. The summed E-state index contributed by atoms with van der Waals surface area (Å²) in [6.07, 6.45) is 3.74. The molecule has 2 aliphatic rings. The highest BCUT2D eigenvalue weighted by Gasteiger charge is 2.23. The van der Waals surface area contributed by atoms with Crippen molar-refractivity contribution in [3.63, 3.8) is 0 Å². The third kappa shape index (κ3) is 5.65. The van der Waals surface area contributed by atoms with Gasteiger partial charge in [-0.25, -0.2) is 9.50 Å². The zero-order valence-corrected chi connectivity index (χ0v) is 20.9. The second kappa shape index (κ2) is 11.1. The fourth-order valence-electron chi connectivity index (χ4n) is 4.81. The van der Waals surface area contributed by atoms with Crippen LogP contribution < -0.4 is 4.90 Å². The summed E-state index contributed by atoms with van der Waals surface area (Å²) in [7, 11) is 0. The number of ketones is 1. The number of benzene rings is 1.